The topological polar surface area (TPSA) is 45.1 Å². The summed E-state index contributed by atoms with van der Waals surface area (Å²) in [5.41, 5.74) is -0.508. The molecule has 156 valence electrons. The molecule has 3 saturated carbocycles. The number of hydrogen-bond donors (Lipinski definition) is 1. The van der Waals surface area contributed by atoms with E-state index in [1.807, 2.05) is 6.21 Å². The Hall–Kier alpha value is -0.610. The second-order valence-corrected chi connectivity index (χ2v) is 10.1. The van der Waals surface area contributed by atoms with Crippen molar-refractivity contribution in [3.63, 3.8) is 0 Å². The standard InChI is InChI=1S/C23H42N2O2/c1-22-13-11-20(19-9-5-4-6-10-19)17-23(22,26)14-12-21(22)18-24-27-16-8-7-15-25(2)3/h18-21,26H,4-17H2,1-3H3/t20-,21+,22+,23-/m0/s1. The van der Waals surface area contributed by atoms with Gasteiger partial charge in [0.15, 0.2) is 0 Å². The highest BCUT2D eigenvalue weighted by Crippen LogP contribution is 2.60. The molecule has 0 aliphatic heterocycles. The summed E-state index contributed by atoms with van der Waals surface area (Å²) < 4.78 is 0. The normalized spacial score (nSPS) is 37.8. The second-order valence-electron chi connectivity index (χ2n) is 10.1. The molecule has 4 nitrogen and oxygen atoms in total. The molecule has 27 heavy (non-hydrogen) atoms. The van der Waals surface area contributed by atoms with Crippen molar-refractivity contribution in [3.8, 4) is 0 Å². The maximum atomic E-state index is 11.6. The van der Waals surface area contributed by atoms with Gasteiger partial charge in [0.2, 0.25) is 0 Å². The molecule has 0 saturated heterocycles. The van der Waals surface area contributed by atoms with Crippen molar-refractivity contribution in [3.05, 3.63) is 0 Å². The van der Waals surface area contributed by atoms with Crippen LogP contribution in [0.3, 0.4) is 0 Å². The van der Waals surface area contributed by atoms with E-state index in [1.54, 1.807) is 0 Å². The molecule has 0 heterocycles. The van der Waals surface area contributed by atoms with Crippen molar-refractivity contribution in [2.75, 3.05) is 27.2 Å². The summed E-state index contributed by atoms with van der Waals surface area (Å²) in [5.74, 6) is 1.97. The Balaban J connectivity index is 1.48. The van der Waals surface area contributed by atoms with Gasteiger partial charge in [-0.2, -0.15) is 0 Å². The Morgan fingerprint density at radius 1 is 1.04 bits per heavy atom. The van der Waals surface area contributed by atoms with Crippen LogP contribution in [0.25, 0.3) is 0 Å². The molecule has 3 fully saturated rings. The summed E-state index contributed by atoms with van der Waals surface area (Å²) in [7, 11) is 4.20. The SMILES string of the molecule is CN(C)CCCCON=C[C@H]1CC[C@]2(O)C[C@@H](C3CCCCC3)CC[C@]12C. The third kappa shape index (κ3) is 4.87. The molecule has 4 heteroatoms. The fourth-order valence-corrected chi connectivity index (χ4v) is 6.13. The zero-order valence-corrected chi connectivity index (χ0v) is 18.0. The van der Waals surface area contributed by atoms with Crippen LogP contribution in [0.4, 0.5) is 0 Å². The molecule has 3 aliphatic rings. The average Bonchev–Trinajstić information content (AvgIpc) is 2.92. The fourth-order valence-electron chi connectivity index (χ4n) is 6.13. The molecule has 0 spiro atoms. The molecular weight excluding hydrogens is 336 g/mol. The van der Waals surface area contributed by atoms with Crippen LogP contribution in [-0.4, -0.2) is 49.1 Å². The number of unbranched alkanes of at least 4 members (excludes halogenated alkanes) is 1. The van der Waals surface area contributed by atoms with Crippen LogP contribution in [0, 0.1) is 23.2 Å². The Morgan fingerprint density at radius 3 is 2.56 bits per heavy atom. The van der Waals surface area contributed by atoms with Crippen molar-refractivity contribution in [1.82, 2.24) is 4.90 Å². The van der Waals surface area contributed by atoms with Crippen LogP contribution < -0.4 is 0 Å². The highest BCUT2D eigenvalue weighted by molar-refractivity contribution is 5.62. The lowest BCUT2D eigenvalue weighted by Gasteiger charge is -2.50. The number of hydrogen-bond acceptors (Lipinski definition) is 4. The van der Waals surface area contributed by atoms with E-state index in [0.29, 0.717) is 12.5 Å². The molecule has 0 amide bonds. The summed E-state index contributed by atoms with van der Waals surface area (Å²) in [6, 6.07) is 0. The van der Waals surface area contributed by atoms with Crippen LogP contribution in [0.2, 0.25) is 0 Å². The molecule has 0 aromatic carbocycles. The van der Waals surface area contributed by atoms with Gasteiger partial charge in [0.05, 0.1) is 5.60 Å². The Bertz CT molecular complexity index is 489. The lowest BCUT2D eigenvalue weighted by atomic mass is 9.57. The van der Waals surface area contributed by atoms with Gasteiger partial charge in [-0.25, -0.2) is 0 Å². The fraction of sp³-hybridized carbons (Fsp3) is 0.957. The Morgan fingerprint density at radius 2 is 1.81 bits per heavy atom. The smallest absolute Gasteiger partial charge is 0.117 e. The minimum atomic E-state index is -0.490. The van der Waals surface area contributed by atoms with Crippen molar-refractivity contribution < 1.29 is 9.94 Å². The van der Waals surface area contributed by atoms with Crippen LogP contribution in [-0.2, 0) is 4.84 Å². The van der Waals surface area contributed by atoms with Crippen molar-refractivity contribution in [1.29, 1.82) is 0 Å². The minimum Gasteiger partial charge on any atom is -0.396 e. The largest absolute Gasteiger partial charge is 0.396 e. The third-order valence-corrected chi connectivity index (χ3v) is 8.11. The molecule has 1 N–H and O–H groups in total. The summed E-state index contributed by atoms with van der Waals surface area (Å²) in [6.45, 7) is 4.11. The molecule has 0 aromatic heterocycles. The van der Waals surface area contributed by atoms with E-state index in [4.69, 9.17) is 4.84 Å². The molecular formula is C23H42N2O2. The van der Waals surface area contributed by atoms with Gasteiger partial charge in [0.25, 0.3) is 0 Å². The van der Waals surface area contributed by atoms with Gasteiger partial charge in [-0.3, -0.25) is 0 Å². The zero-order chi connectivity index (χ0) is 19.3. The number of fused-ring (bicyclic) bond motifs is 1. The minimum absolute atomic E-state index is 0.0179. The predicted octanol–water partition coefficient (Wildman–Crippen LogP) is 4.86. The summed E-state index contributed by atoms with van der Waals surface area (Å²) in [5, 5.41) is 15.9. The van der Waals surface area contributed by atoms with Crippen molar-refractivity contribution >= 4 is 6.21 Å². The average molecular weight is 379 g/mol. The van der Waals surface area contributed by atoms with Gasteiger partial charge in [0, 0.05) is 17.5 Å². The van der Waals surface area contributed by atoms with Crippen LogP contribution in [0.1, 0.15) is 84.0 Å². The zero-order valence-electron chi connectivity index (χ0n) is 18.0. The maximum absolute atomic E-state index is 11.6. The first-order valence-corrected chi connectivity index (χ1v) is 11.5. The van der Waals surface area contributed by atoms with E-state index >= 15 is 0 Å². The van der Waals surface area contributed by atoms with Gasteiger partial charge in [-0.05, 0) is 77.4 Å². The lowest BCUT2D eigenvalue weighted by Crippen LogP contribution is -2.51. The number of aliphatic hydroxyl groups is 1. The van der Waals surface area contributed by atoms with E-state index < -0.39 is 5.60 Å². The second kappa shape index (κ2) is 9.26. The van der Waals surface area contributed by atoms with Crippen molar-refractivity contribution in [2.45, 2.75) is 89.6 Å². The van der Waals surface area contributed by atoms with Gasteiger partial charge >= 0.3 is 0 Å². The Kier molecular flexibility index (Phi) is 7.24. The summed E-state index contributed by atoms with van der Waals surface area (Å²) >= 11 is 0. The van der Waals surface area contributed by atoms with Crippen LogP contribution >= 0.6 is 0 Å². The third-order valence-electron chi connectivity index (χ3n) is 8.11. The number of rotatable bonds is 8. The lowest BCUT2D eigenvalue weighted by molar-refractivity contribution is -0.115. The number of oxime groups is 1. The Labute approximate surface area is 166 Å². The van der Waals surface area contributed by atoms with E-state index in [1.165, 1.54) is 38.5 Å². The number of nitrogens with zero attached hydrogens (tertiary/aromatic N) is 2. The van der Waals surface area contributed by atoms with E-state index in [2.05, 4.69) is 31.1 Å². The van der Waals surface area contributed by atoms with Gasteiger partial charge in [0.1, 0.15) is 6.61 Å². The predicted molar refractivity (Wildman–Crippen MR) is 112 cm³/mol. The molecule has 0 unspecified atom stereocenters. The highest BCUT2D eigenvalue weighted by atomic mass is 16.6. The summed E-state index contributed by atoms with van der Waals surface area (Å²) in [6.07, 6.45) is 16.7. The van der Waals surface area contributed by atoms with Gasteiger partial charge in [-0.15, -0.1) is 0 Å². The van der Waals surface area contributed by atoms with Crippen molar-refractivity contribution in [2.24, 2.45) is 28.3 Å². The van der Waals surface area contributed by atoms with Crippen LogP contribution in [0.15, 0.2) is 5.16 Å². The summed E-state index contributed by atoms with van der Waals surface area (Å²) in [4.78, 5) is 7.72. The van der Waals surface area contributed by atoms with E-state index in [-0.39, 0.29) is 5.41 Å². The highest BCUT2D eigenvalue weighted by Gasteiger charge is 2.59. The maximum Gasteiger partial charge on any atom is 0.117 e. The molecule has 3 rings (SSSR count). The monoisotopic (exact) mass is 378 g/mol. The first-order valence-electron chi connectivity index (χ1n) is 11.5. The quantitative estimate of drug-likeness (QED) is 0.373. The van der Waals surface area contributed by atoms with Crippen LogP contribution in [0.5, 0.6) is 0 Å². The van der Waals surface area contributed by atoms with E-state index in [9.17, 15) is 5.11 Å². The molecule has 0 bridgehead atoms. The van der Waals surface area contributed by atoms with Gasteiger partial charge < -0.3 is 14.8 Å². The first kappa shape index (κ1) is 21.1. The first-order chi connectivity index (χ1) is 12.9. The molecule has 0 aromatic rings. The van der Waals surface area contributed by atoms with E-state index in [0.717, 1.165) is 56.9 Å². The van der Waals surface area contributed by atoms with Gasteiger partial charge in [-0.1, -0.05) is 44.2 Å². The molecule has 0 radical (unpaired) electrons. The molecule has 4 atom stereocenters. The molecule has 3 aliphatic carbocycles.